The summed E-state index contributed by atoms with van der Waals surface area (Å²) in [5, 5.41) is 3.74. The summed E-state index contributed by atoms with van der Waals surface area (Å²) in [6.07, 6.45) is 0. The molecule has 1 amide bonds. The number of thiazole rings is 1. The van der Waals surface area contributed by atoms with Gasteiger partial charge in [-0.05, 0) is 38.1 Å². The minimum Gasteiger partial charge on any atom is -0.345 e. The Hall–Kier alpha value is -1.24. The standard InChI is InChI=1S/C17H20ClN3OS2/c1-12-11-23-17(19-12)21-9-7-20(8-10-21)16(22)13(2)24-15-5-3-14(18)4-6-15/h3-6,11,13H,7-10H2,1-2H3. The number of halogens is 1. The van der Waals surface area contributed by atoms with E-state index in [1.54, 1.807) is 23.1 Å². The fourth-order valence-electron chi connectivity index (χ4n) is 2.63. The molecule has 1 unspecified atom stereocenters. The zero-order valence-corrected chi connectivity index (χ0v) is 16.1. The van der Waals surface area contributed by atoms with Gasteiger partial charge in [0.15, 0.2) is 5.13 Å². The predicted octanol–water partition coefficient (Wildman–Crippen LogP) is 3.93. The Morgan fingerprint density at radius 2 is 1.92 bits per heavy atom. The van der Waals surface area contributed by atoms with Crippen LogP contribution in [0.4, 0.5) is 5.13 Å². The topological polar surface area (TPSA) is 36.4 Å². The molecule has 0 N–H and O–H groups in total. The van der Waals surface area contributed by atoms with Crippen LogP contribution in [-0.4, -0.2) is 47.2 Å². The summed E-state index contributed by atoms with van der Waals surface area (Å²) in [4.78, 5) is 22.5. The summed E-state index contributed by atoms with van der Waals surface area (Å²) in [6, 6.07) is 7.63. The average Bonchev–Trinajstić information content (AvgIpc) is 3.03. The Morgan fingerprint density at radius 1 is 1.25 bits per heavy atom. The third-order valence-corrected chi connectivity index (χ3v) is 6.31. The van der Waals surface area contributed by atoms with E-state index in [1.807, 2.05) is 43.0 Å². The van der Waals surface area contributed by atoms with E-state index in [4.69, 9.17) is 11.6 Å². The van der Waals surface area contributed by atoms with Crippen molar-refractivity contribution in [1.29, 1.82) is 0 Å². The fourth-order valence-corrected chi connectivity index (χ4v) is 4.56. The summed E-state index contributed by atoms with van der Waals surface area (Å²) < 4.78 is 0. The molecular formula is C17H20ClN3OS2. The molecule has 24 heavy (non-hydrogen) atoms. The Bertz CT molecular complexity index is 696. The average molecular weight is 382 g/mol. The second kappa shape index (κ2) is 7.76. The van der Waals surface area contributed by atoms with E-state index in [2.05, 4.69) is 15.3 Å². The monoisotopic (exact) mass is 381 g/mol. The third-order valence-electron chi connectivity index (χ3n) is 3.94. The van der Waals surface area contributed by atoms with Crippen LogP contribution in [0.1, 0.15) is 12.6 Å². The van der Waals surface area contributed by atoms with Gasteiger partial charge in [0.25, 0.3) is 0 Å². The SMILES string of the molecule is Cc1csc(N2CCN(C(=O)C(C)Sc3ccc(Cl)cc3)CC2)n1. The largest absolute Gasteiger partial charge is 0.345 e. The predicted molar refractivity (Wildman–Crippen MR) is 102 cm³/mol. The molecule has 0 spiro atoms. The quantitative estimate of drug-likeness (QED) is 0.752. The van der Waals surface area contributed by atoms with Crippen molar-refractivity contribution in [3.8, 4) is 0 Å². The molecule has 1 fully saturated rings. The highest BCUT2D eigenvalue weighted by molar-refractivity contribution is 8.00. The van der Waals surface area contributed by atoms with Crippen molar-refractivity contribution in [1.82, 2.24) is 9.88 Å². The molecule has 0 bridgehead atoms. The van der Waals surface area contributed by atoms with E-state index in [0.29, 0.717) is 5.02 Å². The number of carbonyl (C=O) groups excluding carboxylic acids is 1. The molecule has 0 aliphatic carbocycles. The van der Waals surface area contributed by atoms with Gasteiger partial charge in [0.05, 0.1) is 10.9 Å². The van der Waals surface area contributed by atoms with Gasteiger partial charge in [-0.15, -0.1) is 23.1 Å². The van der Waals surface area contributed by atoms with E-state index in [9.17, 15) is 4.79 Å². The maximum absolute atomic E-state index is 12.7. The number of thioether (sulfide) groups is 1. The van der Waals surface area contributed by atoms with Gasteiger partial charge < -0.3 is 9.80 Å². The number of aromatic nitrogens is 1. The van der Waals surface area contributed by atoms with E-state index < -0.39 is 0 Å². The molecule has 7 heteroatoms. The number of amides is 1. The first-order valence-electron chi connectivity index (χ1n) is 7.91. The van der Waals surface area contributed by atoms with E-state index in [1.165, 1.54) is 0 Å². The van der Waals surface area contributed by atoms with Crippen molar-refractivity contribution in [2.75, 3.05) is 31.1 Å². The van der Waals surface area contributed by atoms with E-state index in [0.717, 1.165) is 41.9 Å². The number of hydrogen-bond donors (Lipinski definition) is 0. The Morgan fingerprint density at radius 3 is 2.50 bits per heavy atom. The van der Waals surface area contributed by atoms with Gasteiger partial charge in [-0.3, -0.25) is 4.79 Å². The van der Waals surface area contributed by atoms with Gasteiger partial charge in [0.1, 0.15) is 0 Å². The van der Waals surface area contributed by atoms with Crippen molar-refractivity contribution < 1.29 is 4.79 Å². The van der Waals surface area contributed by atoms with Gasteiger partial charge in [0.2, 0.25) is 5.91 Å². The third kappa shape index (κ3) is 4.23. The molecular weight excluding hydrogens is 362 g/mol. The lowest BCUT2D eigenvalue weighted by atomic mass is 10.3. The maximum Gasteiger partial charge on any atom is 0.235 e. The molecule has 4 nitrogen and oxygen atoms in total. The molecule has 0 radical (unpaired) electrons. The van der Waals surface area contributed by atoms with Crippen LogP contribution in [0.15, 0.2) is 34.5 Å². The normalized spacial score (nSPS) is 16.3. The lowest BCUT2D eigenvalue weighted by molar-refractivity contribution is -0.130. The molecule has 1 aliphatic heterocycles. The van der Waals surface area contributed by atoms with Crippen LogP contribution in [-0.2, 0) is 4.79 Å². The highest BCUT2D eigenvalue weighted by Crippen LogP contribution is 2.27. The zero-order chi connectivity index (χ0) is 17.1. The second-order valence-corrected chi connectivity index (χ2v) is 8.48. The highest BCUT2D eigenvalue weighted by atomic mass is 35.5. The van der Waals surface area contributed by atoms with Crippen LogP contribution < -0.4 is 4.90 Å². The number of nitrogens with zero attached hydrogens (tertiary/aromatic N) is 3. The Kier molecular flexibility index (Phi) is 5.69. The van der Waals surface area contributed by atoms with Gasteiger partial charge in [-0.25, -0.2) is 4.98 Å². The molecule has 1 aromatic heterocycles. The number of rotatable bonds is 4. The smallest absolute Gasteiger partial charge is 0.235 e. The minimum atomic E-state index is -0.0974. The molecule has 1 aromatic carbocycles. The number of aryl methyl sites for hydroxylation is 1. The van der Waals surface area contributed by atoms with E-state index >= 15 is 0 Å². The zero-order valence-electron chi connectivity index (χ0n) is 13.7. The van der Waals surface area contributed by atoms with Crippen molar-refractivity contribution >= 4 is 45.7 Å². The Balaban J connectivity index is 1.53. The number of piperazine rings is 1. The summed E-state index contributed by atoms with van der Waals surface area (Å²) in [5.41, 5.74) is 1.06. The van der Waals surface area contributed by atoms with Crippen LogP contribution in [0.5, 0.6) is 0 Å². The molecule has 1 aliphatic rings. The highest BCUT2D eigenvalue weighted by Gasteiger charge is 2.26. The second-order valence-electron chi connectivity index (χ2n) is 5.80. The number of carbonyl (C=O) groups is 1. The number of benzene rings is 1. The first-order chi connectivity index (χ1) is 11.5. The summed E-state index contributed by atoms with van der Waals surface area (Å²) in [5.74, 6) is 0.199. The van der Waals surface area contributed by atoms with Crippen molar-refractivity contribution in [2.24, 2.45) is 0 Å². The lowest BCUT2D eigenvalue weighted by Crippen LogP contribution is -2.50. The molecule has 128 valence electrons. The maximum atomic E-state index is 12.7. The van der Waals surface area contributed by atoms with Crippen molar-refractivity contribution in [3.05, 3.63) is 40.4 Å². The van der Waals surface area contributed by atoms with Gasteiger partial charge in [-0.2, -0.15) is 0 Å². The molecule has 2 aromatic rings. The molecule has 3 rings (SSSR count). The molecule has 1 saturated heterocycles. The van der Waals surface area contributed by atoms with Gasteiger partial charge >= 0.3 is 0 Å². The van der Waals surface area contributed by atoms with Gasteiger partial charge in [-0.1, -0.05) is 11.6 Å². The summed E-state index contributed by atoms with van der Waals surface area (Å²) >= 11 is 9.16. The van der Waals surface area contributed by atoms with Crippen molar-refractivity contribution in [2.45, 2.75) is 24.0 Å². The lowest BCUT2D eigenvalue weighted by Gasteiger charge is -2.35. The summed E-state index contributed by atoms with van der Waals surface area (Å²) in [7, 11) is 0. The van der Waals surface area contributed by atoms with Crippen molar-refractivity contribution in [3.63, 3.8) is 0 Å². The van der Waals surface area contributed by atoms with Crippen LogP contribution >= 0.6 is 34.7 Å². The first-order valence-corrected chi connectivity index (χ1v) is 10.0. The van der Waals surface area contributed by atoms with E-state index in [-0.39, 0.29) is 11.2 Å². The number of hydrogen-bond acceptors (Lipinski definition) is 5. The minimum absolute atomic E-state index is 0.0974. The molecule has 0 saturated carbocycles. The first kappa shape index (κ1) is 17.6. The van der Waals surface area contributed by atoms with Crippen LogP contribution in [0.3, 0.4) is 0 Å². The van der Waals surface area contributed by atoms with Crippen LogP contribution in [0, 0.1) is 6.92 Å². The fraction of sp³-hybridized carbons (Fsp3) is 0.412. The summed E-state index contributed by atoms with van der Waals surface area (Å²) in [6.45, 7) is 7.17. The van der Waals surface area contributed by atoms with Gasteiger partial charge in [0, 0.05) is 41.5 Å². The molecule has 2 heterocycles. The molecule has 1 atom stereocenters. The Labute approximate surface area is 155 Å². The number of anilines is 1. The van der Waals surface area contributed by atoms with Crippen LogP contribution in [0.25, 0.3) is 0 Å². The van der Waals surface area contributed by atoms with Crippen LogP contribution in [0.2, 0.25) is 5.02 Å².